The molecule has 0 spiro atoms. The summed E-state index contributed by atoms with van der Waals surface area (Å²) in [5.41, 5.74) is 2.50. The Morgan fingerprint density at radius 1 is 1.33 bits per heavy atom. The lowest BCUT2D eigenvalue weighted by Gasteiger charge is -2.13. The van der Waals surface area contributed by atoms with Crippen LogP contribution in [0.2, 0.25) is 6.32 Å². The summed E-state index contributed by atoms with van der Waals surface area (Å²) in [4.78, 5) is 8.98. The van der Waals surface area contributed by atoms with Crippen molar-refractivity contribution < 1.29 is 19.2 Å². The quantitative estimate of drug-likeness (QED) is 0.822. The Labute approximate surface area is 142 Å². The van der Waals surface area contributed by atoms with E-state index in [-0.39, 0.29) is 5.92 Å². The molecule has 0 bridgehead atoms. The first kappa shape index (κ1) is 16.7. The molecule has 6 nitrogen and oxygen atoms in total. The van der Waals surface area contributed by atoms with Gasteiger partial charge in [0.2, 0.25) is 0 Å². The van der Waals surface area contributed by atoms with Crippen molar-refractivity contribution in [1.82, 2.24) is 9.97 Å². The Morgan fingerprint density at radius 2 is 2.21 bits per heavy atom. The van der Waals surface area contributed by atoms with Crippen LogP contribution in [0, 0.1) is 0 Å². The van der Waals surface area contributed by atoms with Crippen LogP contribution in [0.4, 0.5) is 0 Å². The molecule has 0 unspecified atom stereocenters. The Hall–Kier alpha value is -2.12. The van der Waals surface area contributed by atoms with E-state index in [1.807, 2.05) is 18.2 Å². The van der Waals surface area contributed by atoms with E-state index < -0.39 is 7.12 Å². The van der Waals surface area contributed by atoms with E-state index in [0.29, 0.717) is 31.0 Å². The molecule has 1 saturated heterocycles. The molecule has 1 aromatic carbocycles. The number of hydrogen-bond acceptors (Lipinski definition) is 6. The number of nitrogens with zero attached hydrogens (tertiary/aromatic N) is 2. The minimum absolute atomic E-state index is 0.0708. The molecule has 0 saturated carbocycles. The van der Waals surface area contributed by atoms with Crippen molar-refractivity contribution in [2.24, 2.45) is 0 Å². The molecule has 0 radical (unpaired) electrons. The Bertz CT molecular complexity index is 698. The Balaban J connectivity index is 1.88. The van der Waals surface area contributed by atoms with Crippen LogP contribution >= 0.6 is 0 Å². The predicted octanol–water partition coefficient (Wildman–Crippen LogP) is 2.54. The molecule has 1 aliphatic heterocycles. The highest BCUT2D eigenvalue weighted by Gasteiger charge is 2.30. The zero-order chi connectivity index (χ0) is 16.9. The average Bonchev–Trinajstić information content (AvgIpc) is 3.06. The zero-order valence-electron chi connectivity index (χ0n) is 13.9. The summed E-state index contributed by atoms with van der Waals surface area (Å²) in [6.07, 6.45) is 4.92. The number of benzene rings is 1. The molecule has 7 heteroatoms. The summed E-state index contributed by atoms with van der Waals surface area (Å²) < 4.78 is 16.3. The van der Waals surface area contributed by atoms with E-state index in [4.69, 9.17) is 14.1 Å². The van der Waals surface area contributed by atoms with Gasteiger partial charge in [0, 0.05) is 24.3 Å². The van der Waals surface area contributed by atoms with Crippen molar-refractivity contribution in [2.45, 2.75) is 25.6 Å². The second-order valence-electron chi connectivity index (χ2n) is 5.76. The fraction of sp³-hybridized carbons (Fsp3) is 0.412. The first-order valence-corrected chi connectivity index (χ1v) is 8.14. The third kappa shape index (κ3) is 3.68. The van der Waals surface area contributed by atoms with Gasteiger partial charge in [-0.05, 0) is 30.9 Å². The van der Waals surface area contributed by atoms with Crippen LogP contribution in [0.25, 0.3) is 11.3 Å². The van der Waals surface area contributed by atoms with Crippen molar-refractivity contribution in [3.8, 4) is 22.8 Å². The third-order valence-electron chi connectivity index (χ3n) is 3.97. The third-order valence-corrected chi connectivity index (χ3v) is 3.97. The van der Waals surface area contributed by atoms with Gasteiger partial charge >= 0.3 is 7.12 Å². The van der Waals surface area contributed by atoms with E-state index >= 15 is 0 Å². The van der Waals surface area contributed by atoms with Gasteiger partial charge in [-0.1, -0.05) is 6.92 Å². The van der Waals surface area contributed by atoms with E-state index in [1.54, 1.807) is 19.5 Å². The minimum Gasteiger partial charge on any atom is -0.493 e. The molecule has 1 aromatic heterocycles. The summed E-state index contributed by atoms with van der Waals surface area (Å²) >= 11 is 0. The number of ether oxygens (including phenoxy) is 2. The summed E-state index contributed by atoms with van der Waals surface area (Å²) in [6, 6.07) is 5.73. The van der Waals surface area contributed by atoms with Gasteiger partial charge in [-0.15, -0.1) is 0 Å². The Morgan fingerprint density at radius 3 is 2.92 bits per heavy atom. The maximum Gasteiger partial charge on any atom is 0.454 e. The Kier molecular flexibility index (Phi) is 5.32. The lowest BCUT2D eigenvalue weighted by Crippen LogP contribution is -2.08. The topological polar surface area (TPSA) is 73.7 Å². The largest absolute Gasteiger partial charge is 0.493 e. The van der Waals surface area contributed by atoms with E-state index in [2.05, 4.69) is 16.9 Å². The second-order valence-corrected chi connectivity index (χ2v) is 5.76. The number of rotatable bonds is 6. The summed E-state index contributed by atoms with van der Waals surface area (Å²) in [6.45, 7) is 3.15. The van der Waals surface area contributed by atoms with Gasteiger partial charge in [-0.25, -0.2) is 4.98 Å². The van der Waals surface area contributed by atoms with E-state index in [1.165, 1.54) is 0 Å². The fourth-order valence-electron chi connectivity index (χ4n) is 2.69. The monoisotopic (exact) mass is 328 g/mol. The van der Waals surface area contributed by atoms with Gasteiger partial charge in [0.15, 0.2) is 11.5 Å². The van der Waals surface area contributed by atoms with Gasteiger partial charge in [0.25, 0.3) is 0 Å². The van der Waals surface area contributed by atoms with Crippen LogP contribution in [0.5, 0.6) is 11.5 Å². The highest BCUT2D eigenvalue weighted by atomic mass is 16.5. The molecule has 0 amide bonds. The summed E-state index contributed by atoms with van der Waals surface area (Å²) in [5.74, 6) is 1.47. The molecular formula is C17H21BN2O4. The van der Waals surface area contributed by atoms with Gasteiger partial charge < -0.3 is 19.2 Å². The highest BCUT2D eigenvalue weighted by Crippen LogP contribution is 2.33. The maximum absolute atomic E-state index is 9.52. The van der Waals surface area contributed by atoms with Crippen LogP contribution in [0.15, 0.2) is 30.6 Å². The molecule has 1 N–H and O–H groups in total. The van der Waals surface area contributed by atoms with Crippen molar-refractivity contribution >= 4 is 7.12 Å². The first-order valence-electron chi connectivity index (χ1n) is 8.14. The van der Waals surface area contributed by atoms with Crippen molar-refractivity contribution in [3.05, 3.63) is 36.3 Å². The highest BCUT2D eigenvalue weighted by molar-refractivity contribution is 6.43. The molecule has 1 aliphatic rings. The van der Waals surface area contributed by atoms with Crippen molar-refractivity contribution in [1.29, 1.82) is 0 Å². The lowest BCUT2D eigenvalue weighted by atomic mass is 9.81. The molecule has 1 fully saturated rings. The number of hydrogen-bond donors (Lipinski definition) is 1. The first-order chi connectivity index (χ1) is 11.7. The molecule has 1 atom stereocenters. The molecular weight excluding hydrogens is 307 g/mol. The average molecular weight is 328 g/mol. The van der Waals surface area contributed by atoms with Crippen LogP contribution in [0.3, 0.4) is 0 Å². The van der Waals surface area contributed by atoms with Crippen LogP contribution in [-0.2, 0) is 4.65 Å². The second kappa shape index (κ2) is 7.64. The van der Waals surface area contributed by atoms with Crippen LogP contribution < -0.4 is 9.47 Å². The number of aromatic nitrogens is 2. The fourth-order valence-corrected chi connectivity index (χ4v) is 2.69. The normalized spacial score (nSPS) is 17.1. The van der Waals surface area contributed by atoms with E-state index in [9.17, 15) is 5.02 Å². The summed E-state index contributed by atoms with van der Waals surface area (Å²) in [7, 11) is 0.912. The maximum atomic E-state index is 9.52. The molecule has 126 valence electrons. The van der Waals surface area contributed by atoms with E-state index in [0.717, 1.165) is 23.4 Å². The predicted molar refractivity (Wildman–Crippen MR) is 91.3 cm³/mol. The standard InChI is InChI=1S/C17H21BN2O4/c1-3-6-23-17-7-12(4-5-16(17)22-2)14-9-19-10-15(20-14)13-8-18(21)24-11-13/h4-5,7,9-10,13,21H,3,6,8,11H2,1-2H3/t13-/m0/s1. The SMILES string of the molecule is CCCOc1cc(-c2cncc([C@@H]3COB(O)C3)n2)ccc1OC. The molecule has 3 rings (SSSR count). The van der Waals surface area contributed by atoms with Gasteiger partial charge in [-0.2, -0.15) is 0 Å². The van der Waals surface area contributed by atoms with Crippen molar-refractivity contribution in [3.63, 3.8) is 0 Å². The smallest absolute Gasteiger partial charge is 0.454 e. The lowest BCUT2D eigenvalue weighted by molar-refractivity contribution is 0.291. The molecule has 24 heavy (non-hydrogen) atoms. The zero-order valence-corrected chi connectivity index (χ0v) is 13.9. The van der Waals surface area contributed by atoms with Crippen LogP contribution in [-0.4, -0.2) is 42.4 Å². The molecule has 2 heterocycles. The van der Waals surface area contributed by atoms with Crippen molar-refractivity contribution in [2.75, 3.05) is 20.3 Å². The van der Waals surface area contributed by atoms with Gasteiger partial charge in [0.05, 0.1) is 31.3 Å². The van der Waals surface area contributed by atoms with Gasteiger partial charge in [-0.3, -0.25) is 4.98 Å². The molecule has 2 aromatic rings. The number of methoxy groups -OCH3 is 1. The van der Waals surface area contributed by atoms with Gasteiger partial charge in [0.1, 0.15) is 0 Å². The molecule has 0 aliphatic carbocycles. The van der Waals surface area contributed by atoms with Crippen LogP contribution in [0.1, 0.15) is 25.0 Å². The minimum atomic E-state index is -0.713. The summed E-state index contributed by atoms with van der Waals surface area (Å²) in [5, 5.41) is 9.52.